The van der Waals surface area contributed by atoms with E-state index < -0.39 is 67.0 Å². The third-order valence-electron chi connectivity index (χ3n) is 7.69. The number of carboxylic acids is 4. The SMILES string of the molecule is O=C(O)CCC(NC(=O)NC(CCCCNC(=O)N1CCN(C(=O)c2cc(C(=O)O)cc(-n3cc(CCCF)nn3)c2)CC1)C(=O)O)C(=O)O. The molecule has 1 fully saturated rings. The van der Waals surface area contributed by atoms with Crippen molar-refractivity contribution in [1.29, 1.82) is 0 Å². The second-order valence-corrected chi connectivity index (χ2v) is 11.4. The highest BCUT2D eigenvalue weighted by molar-refractivity contribution is 5.98. The Morgan fingerprint density at radius 1 is 0.800 bits per heavy atom. The number of carbonyl (C=O) groups is 7. The first-order valence-corrected chi connectivity index (χ1v) is 15.7. The Bertz CT molecular complexity index is 1560. The van der Waals surface area contributed by atoms with Gasteiger partial charge in [0.2, 0.25) is 0 Å². The fourth-order valence-corrected chi connectivity index (χ4v) is 4.99. The van der Waals surface area contributed by atoms with Gasteiger partial charge in [0.1, 0.15) is 12.1 Å². The predicted octanol–water partition coefficient (Wildman–Crippen LogP) is 0.576. The summed E-state index contributed by atoms with van der Waals surface area (Å²) in [6.07, 6.45) is 1.82. The van der Waals surface area contributed by atoms with Gasteiger partial charge in [0.15, 0.2) is 0 Å². The van der Waals surface area contributed by atoms with Crippen molar-refractivity contribution in [3.63, 3.8) is 0 Å². The number of urea groups is 2. The third-order valence-corrected chi connectivity index (χ3v) is 7.69. The lowest BCUT2D eigenvalue weighted by Crippen LogP contribution is -2.53. The molecule has 0 bridgehead atoms. The van der Waals surface area contributed by atoms with Gasteiger partial charge in [-0.25, -0.2) is 28.7 Å². The molecule has 1 aliphatic rings. The minimum atomic E-state index is -1.52. The van der Waals surface area contributed by atoms with Crippen LogP contribution in [0.2, 0.25) is 0 Å². The molecule has 2 unspecified atom stereocenters. The van der Waals surface area contributed by atoms with E-state index in [1.165, 1.54) is 38.9 Å². The molecule has 1 aliphatic heterocycles. The second-order valence-electron chi connectivity index (χ2n) is 11.4. The van der Waals surface area contributed by atoms with Crippen molar-refractivity contribution in [3.8, 4) is 5.69 Å². The maximum absolute atomic E-state index is 13.3. The molecule has 272 valence electrons. The largest absolute Gasteiger partial charge is 0.481 e. The number of amides is 5. The summed E-state index contributed by atoms with van der Waals surface area (Å²) in [6.45, 7) is 0.370. The van der Waals surface area contributed by atoms with Crippen LogP contribution < -0.4 is 16.0 Å². The van der Waals surface area contributed by atoms with Crippen LogP contribution in [0.5, 0.6) is 0 Å². The van der Waals surface area contributed by atoms with Crippen LogP contribution in [0.3, 0.4) is 0 Å². The van der Waals surface area contributed by atoms with Crippen molar-refractivity contribution in [2.75, 3.05) is 39.4 Å². The number of hydrogen-bond donors (Lipinski definition) is 7. The first kappa shape index (κ1) is 38.6. The minimum absolute atomic E-state index is 0.0335. The van der Waals surface area contributed by atoms with Crippen molar-refractivity contribution in [1.82, 2.24) is 40.7 Å². The van der Waals surface area contributed by atoms with Gasteiger partial charge in [-0.05, 0) is 56.7 Å². The zero-order chi connectivity index (χ0) is 36.8. The normalized spacial score (nSPS) is 13.9. The molecule has 3 rings (SSSR count). The van der Waals surface area contributed by atoms with E-state index in [1.807, 2.05) is 5.32 Å². The fourth-order valence-electron chi connectivity index (χ4n) is 4.99. The molecular weight excluding hydrogens is 667 g/mol. The number of carbonyl (C=O) groups excluding carboxylic acids is 3. The molecule has 2 heterocycles. The molecule has 20 heteroatoms. The molecule has 0 spiro atoms. The summed E-state index contributed by atoms with van der Waals surface area (Å²) < 4.78 is 13.9. The summed E-state index contributed by atoms with van der Waals surface area (Å²) >= 11 is 0. The number of unbranched alkanes of at least 4 members (excludes halogenated alkanes) is 1. The summed E-state index contributed by atoms with van der Waals surface area (Å²) in [6, 6.07) is -0.297. The van der Waals surface area contributed by atoms with Gasteiger partial charge in [-0.15, -0.1) is 5.10 Å². The Hall–Kier alpha value is -5.82. The minimum Gasteiger partial charge on any atom is -0.481 e. The molecule has 0 radical (unpaired) electrons. The van der Waals surface area contributed by atoms with E-state index in [2.05, 4.69) is 20.9 Å². The van der Waals surface area contributed by atoms with Gasteiger partial charge in [0.25, 0.3) is 5.91 Å². The molecular formula is C30H39FN8O11. The second kappa shape index (κ2) is 18.7. The first-order valence-electron chi connectivity index (χ1n) is 15.7. The number of aromatic carboxylic acids is 1. The average molecular weight is 707 g/mol. The Morgan fingerprint density at radius 2 is 1.42 bits per heavy atom. The van der Waals surface area contributed by atoms with Gasteiger partial charge in [0.05, 0.1) is 29.8 Å². The van der Waals surface area contributed by atoms with E-state index in [0.29, 0.717) is 24.2 Å². The lowest BCUT2D eigenvalue weighted by molar-refractivity contribution is -0.140. The third kappa shape index (κ3) is 11.7. The molecule has 7 N–H and O–H groups in total. The standard InChI is InChI=1S/C30H39FN8O11/c31-8-3-4-20-17-39(36-35-20)21-15-18(14-19(16-21)26(43)44)25(42)37-10-12-38(13-11-37)30(50)32-9-2-1-5-22(27(45)46)33-29(49)34-23(28(47)48)6-7-24(40)41/h14-17,22-23H,1-13H2,(H,32,50)(H,40,41)(H,43,44)(H,45,46)(H,47,48)(H2,33,34,49). The number of hydrogen-bond acceptors (Lipinski definition) is 9. The molecule has 19 nitrogen and oxygen atoms in total. The van der Waals surface area contributed by atoms with Crippen LogP contribution in [0.4, 0.5) is 14.0 Å². The van der Waals surface area contributed by atoms with Crippen molar-refractivity contribution >= 4 is 41.8 Å². The number of aryl methyl sites for hydroxylation is 1. The van der Waals surface area contributed by atoms with E-state index in [-0.39, 0.29) is 69.5 Å². The van der Waals surface area contributed by atoms with E-state index in [1.54, 1.807) is 0 Å². The number of nitrogens with one attached hydrogen (secondary N) is 3. The molecule has 1 aromatic heterocycles. The van der Waals surface area contributed by atoms with Gasteiger partial charge in [-0.1, -0.05) is 5.21 Å². The van der Waals surface area contributed by atoms with Gasteiger partial charge in [-0.3, -0.25) is 14.0 Å². The number of halogens is 1. The Kier molecular flexibility index (Phi) is 14.4. The highest BCUT2D eigenvalue weighted by Crippen LogP contribution is 2.18. The lowest BCUT2D eigenvalue weighted by Gasteiger charge is -2.34. The van der Waals surface area contributed by atoms with Gasteiger partial charge >= 0.3 is 35.9 Å². The van der Waals surface area contributed by atoms with E-state index in [0.717, 1.165) is 0 Å². The van der Waals surface area contributed by atoms with E-state index in [9.17, 15) is 48.2 Å². The molecule has 0 saturated carbocycles. The average Bonchev–Trinajstić information content (AvgIpc) is 3.56. The Labute approximate surface area is 284 Å². The van der Waals surface area contributed by atoms with Crippen LogP contribution in [-0.4, -0.2) is 139 Å². The van der Waals surface area contributed by atoms with Crippen LogP contribution in [-0.2, 0) is 20.8 Å². The highest BCUT2D eigenvalue weighted by atomic mass is 19.1. The number of nitrogens with zero attached hydrogens (tertiary/aromatic N) is 5. The Balaban J connectivity index is 1.45. The molecule has 1 aromatic carbocycles. The molecule has 2 atom stereocenters. The zero-order valence-corrected chi connectivity index (χ0v) is 26.9. The smallest absolute Gasteiger partial charge is 0.335 e. The lowest BCUT2D eigenvalue weighted by atomic mass is 10.1. The van der Waals surface area contributed by atoms with Gasteiger partial charge in [0, 0.05) is 44.7 Å². The summed E-state index contributed by atoms with van der Waals surface area (Å²) in [4.78, 5) is 86.5. The first-order chi connectivity index (χ1) is 23.8. The maximum atomic E-state index is 13.3. The molecule has 50 heavy (non-hydrogen) atoms. The molecule has 5 amide bonds. The Morgan fingerprint density at radius 3 is 2.02 bits per heavy atom. The monoisotopic (exact) mass is 706 g/mol. The van der Waals surface area contributed by atoms with Crippen molar-refractivity contribution in [2.24, 2.45) is 0 Å². The molecule has 1 saturated heterocycles. The number of alkyl halides is 1. The number of benzene rings is 1. The van der Waals surface area contributed by atoms with Crippen molar-refractivity contribution < 1.29 is 58.4 Å². The maximum Gasteiger partial charge on any atom is 0.335 e. The predicted molar refractivity (Wildman–Crippen MR) is 169 cm³/mol. The quantitative estimate of drug-likeness (QED) is 0.105. The summed E-state index contributed by atoms with van der Waals surface area (Å²) in [5.74, 6) is -5.78. The van der Waals surface area contributed by atoms with Crippen molar-refractivity contribution in [3.05, 3.63) is 41.2 Å². The molecule has 2 aromatic rings. The van der Waals surface area contributed by atoms with Crippen LogP contribution in [0.25, 0.3) is 5.69 Å². The van der Waals surface area contributed by atoms with Crippen LogP contribution in [0, 0.1) is 0 Å². The number of aromatic nitrogens is 3. The number of aliphatic carboxylic acids is 3. The summed E-state index contributed by atoms with van der Waals surface area (Å²) in [5.41, 5.74) is 0.763. The van der Waals surface area contributed by atoms with Crippen LogP contribution >= 0.6 is 0 Å². The van der Waals surface area contributed by atoms with Gasteiger partial charge in [-0.2, -0.15) is 0 Å². The van der Waals surface area contributed by atoms with E-state index >= 15 is 0 Å². The summed E-state index contributed by atoms with van der Waals surface area (Å²) in [7, 11) is 0. The number of carboxylic acid groups (broad SMARTS) is 4. The van der Waals surface area contributed by atoms with E-state index in [4.69, 9.17) is 10.2 Å². The number of rotatable bonds is 18. The fraction of sp³-hybridized carbons (Fsp3) is 0.500. The number of piperazine rings is 1. The highest BCUT2D eigenvalue weighted by Gasteiger charge is 2.27. The summed E-state index contributed by atoms with van der Waals surface area (Å²) in [5, 5.41) is 51.8. The topological polar surface area (TPSA) is 274 Å². The van der Waals surface area contributed by atoms with Crippen LogP contribution in [0.15, 0.2) is 24.4 Å². The van der Waals surface area contributed by atoms with Crippen molar-refractivity contribution in [2.45, 2.75) is 57.0 Å². The van der Waals surface area contributed by atoms with Crippen LogP contribution in [0.1, 0.15) is 64.9 Å². The van der Waals surface area contributed by atoms with Gasteiger partial charge < -0.3 is 46.2 Å². The molecule has 0 aliphatic carbocycles. The zero-order valence-electron chi connectivity index (χ0n) is 26.9.